The molecule has 3 heteroatoms. The van der Waals surface area contributed by atoms with Crippen LogP contribution < -0.4 is 10.1 Å². The Bertz CT molecular complexity index is 602. The van der Waals surface area contributed by atoms with E-state index < -0.39 is 0 Å². The van der Waals surface area contributed by atoms with Crippen molar-refractivity contribution in [2.75, 3.05) is 13.2 Å². The molecule has 0 atom stereocenters. The molecule has 2 rings (SSSR count). The first kappa shape index (κ1) is 15.1. The summed E-state index contributed by atoms with van der Waals surface area (Å²) in [6, 6.07) is 18.1. The van der Waals surface area contributed by atoms with Gasteiger partial charge in [-0.05, 0) is 43.1 Å². The first-order valence-corrected chi connectivity index (χ1v) is 7.18. The summed E-state index contributed by atoms with van der Waals surface area (Å²) in [5.74, 6) is 0.681. The maximum Gasteiger partial charge on any atom is 0.137 e. The standard InChI is InChI=1S/C18H20N2O/c1-15-8-9-17(13-19)18(12-15)21-11-5-10-20-14-16-6-3-2-4-7-16/h2-4,6-9,12,20H,5,10-11,14H2,1H3. The molecule has 0 radical (unpaired) electrons. The minimum atomic E-state index is 0.595. The van der Waals surface area contributed by atoms with Crippen molar-refractivity contribution in [3.8, 4) is 11.8 Å². The van der Waals surface area contributed by atoms with Crippen molar-refractivity contribution >= 4 is 0 Å². The van der Waals surface area contributed by atoms with Crippen LogP contribution in [-0.2, 0) is 6.54 Å². The lowest BCUT2D eigenvalue weighted by Gasteiger charge is -2.09. The average molecular weight is 280 g/mol. The van der Waals surface area contributed by atoms with Crippen LogP contribution in [-0.4, -0.2) is 13.2 Å². The molecule has 0 aliphatic carbocycles. The Balaban J connectivity index is 1.68. The summed E-state index contributed by atoms with van der Waals surface area (Å²) in [6.07, 6.45) is 0.908. The summed E-state index contributed by atoms with van der Waals surface area (Å²) >= 11 is 0. The van der Waals surface area contributed by atoms with Crippen molar-refractivity contribution in [2.45, 2.75) is 19.9 Å². The van der Waals surface area contributed by atoms with E-state index in [0.29, 0.717) is 17.9 Å². The number of hydrogen-bond acceptors (Lipinski definition) is 3. The largest absolute Gasteiger partial charge is 0.492 e. The molecule has 21 heavy (non-hydrogen) atoms. The predicted molar refractivity (Wildman–Crippen MR) is 84.2 cm³/mol. The van der Waals surface area contributed by atoms with Gasteiger partial charge in [0.2, 0.25) is 0 Å². The summed E-state index contributed by atoms with van der Waals surface area (Å²) < 4.78 is 5.70. The second-order valence-corrected chi connectivity index (χ2v) is 4.98. The zero-order valence-electron chi connectivity index (χ0n) is 12.3. The highest BCUT2D eigenvalue weighted by atomic mass is 16.5. The summed E-state index contributed by atoms with van der Waals surface area (Å²) in [5.41, 5.74) is 2.98. The van der Waals surface area contributed by atoms with Gasteiger partial charge in [-0.15, -0.1) is 0 Å². The Hall–Kier alpha value is -2.31. The number of hydrogen-bond donors (Lipinski definition) is 1. The van der Waals surface area contributed by atoms with Crippen LogP contribution in [0.2, 0.25) is 0 Å². The van der Waals surface area contributed by atoms with Gasteiger partial charge in [-0.2, -0.15) is 5.26 Å². The molecule has 2 aromatic carbocycles. The molecule has 0 aliphatic rings. The van der Waals surface area contributed by atoms with E-state index in [9.17, 15) is 0 Å². The molecule has 0 fully saturated rings. The van der Waals surface area contributed by atoms with Crippen molar-refractivity contribution in [3.05, 3.63) is 65.2 Å². The van der Waals surface area contributed by atoms with Gasteiger partial charge < -0.3 is 10.1 Å². The van der Waals surface area contributed by atoms with Crippen molar-refractivity contribution in [2.24, 2.45) is 0 Å². The van der Waals surface area contributed by atoms with E-state index in [1.54, 1.807) is 6.07 Å². The highest BCUT2D eigenvalue weighted by Gasteiger charge is 2.03. The lowest BCUT2D eigenvalue weighted by atomic mass is 10.1. The molecular weight excluding hydrogens is 260 g/mol. The Labute approximate surface area is 126 Å². The van der Waals surface area contributed by atoms with E-state index in [-0.39, 0.29) is 0 Å². The molecule has 0 saturated heterocycles. The number of nitrogens with one attached hydrogen (secondary N) is 1. The summed E-state index contributed by atoms with van der Waals surface area (Å²) in [4.78, 5) is 0. The minimum Gasteiger partial charge on any atom is -0.492 e. The molecule has 0 heterocycles. The smallest absolute Gasteiger partial charge is 0.137 e. The Morgan fingerprint density at radius 1 is 1.14 bits per heavy atom. The van der Waals surface area contributed by atoms with Gasteiger partial charge in [-0.25, -0.2) is 0 Å². The van der Waals surface area contributed by atoms with Gasteiger partial charge in [-0.3, -0.25) is 0 Å². The fraction of sp³-hybridized carbons (Fsp3) is 0.278. The highest BCUT2D eigenvalue weighted by Crippen LogP contribution is 2.19. The van der Waals surface area contributed by atoms with E-state index in [1.807, 2.05) is 37.3 Å². The quantitative estimate of drug-likeness (QED) is 0.790. The first-order chi connectivity index (χ1) is 10.3. The molecule has 1 N–H and O–H groups in total. The predicted octanol–water partition coefficient (Wildman–Crippen LogP) is 3.43. The molecule has 3 nitrogen and oxygen atoms in total. The number of rotatable bonds is 7. The van der Waals surface area contributed by atoms with E-state index >= 15 is 0 Å². The fourth-order valence-corrected chi connectivity index (χ4v) is 2.05. The number of benzene rings is 2. The van der Waals surface area contributed by atoms with Crippen LogP contribution in [0.25, 0.3) is 0 Å². The lowest BCUT2D eigenvalue weighted by molar-refractivity contribution is 0.307. The molecule has 0 spiro atoms. The van der Waals surface area contributed by atoms with Crippen LogP contribution in [0.4, 0.5) is 0 Å². The number of nitrogens with zero attached hydrogens (tertiary/aromatic N) is 1. The Kier molecular flexibility index (Phi) is 5.81. The fourth-order valence-electron chi connectivity index (χ4n) is 2.05. The van der Waals surface area contributed by atoms with Crippen LogP contribution in [0, 0.1) is 18.3 Å². The van der Waals surface area contributed by atoms with E-state index in [0.717, 1.165) is 25.1 Å². The van der Waals surface area contributed by atoms with Crippen molar-refractivity contribution in [3.63, 3.8) is 0 Å². The second kappa shape index (κ2) is 8.08. The van der Waals surface area contributed by atoms with Crippen LogP contribution >= 0.6 is 0 Å². The number of nitriles is 1. The summed E-state index contributed by atoms with van der Waals surface area (Å²) in [6.45, 7) is 4.37. The minimum absolute atomic E-state index is 0.595. The molecule has 0 amide bonds. The van der Waals surface area contributed by atoms with Gasteiger partial charge in [-0.1, -0.05) is 36.4 Å². The number of ether oxygens (including phenoxy) is 1. The van der Waals surface area contributed by atoms with Gasteiger partial charge >= 0.3 is 0 Å². The van der Waals surface area contributed by atoms with Crippen LogP contribution in [0.5, 0.6) is 5.75 Å². The molecular formula is C18H20N2O. The third kappa shape index (κ3) is 4.94. The van der Waals surface area contributed by atoms with E-state index in [4.69, 9.17) is 10.00 Å². The third-order valence-corrected chi connectivity index (χ3v) is 3.18. The maximum atomic E-state index is 9.03. The van der Waals surface area contributed by atoms with Gasteiger partial charge in [0.25, 0.3) is 0 Å². The van der Waals surface area contributed by atoms with Gasteiger partial charge in [0.05, 0.1) is 12.2 Å². The van der Waals surface area contributed by atoms with Gasteiger partial charge in [0.15, 0.2) is 0 Å². The average Bonchev–Trinajstić information content (AvgIpc) is 2.52. The molecule has 0 saturated carbocycles. The number of aryl methyl sites for hydroxylation is 1. The van der Waals surface area contributed by atoms with Gasteiger partial charge in [0, 0.05) is 6.54 Å². The van der Waals surface area contributed by atoms with Crippen LogP contribution in [0.3, 0.4) is 0 Å². The zero-order chi connectivity index (χ0) is 14.9. The molecule has 108 valence electrons. The zero-order valence-corrected chi connectivity index (χ0v) is 12.3. The SMILES string of the molecule is Cc1ccc(C#N)c(OCCCNCc2ccccc2)c1. The monoisotopic (exact) mass is 280 g/mol. The highest BCUT2D eigenvalue weighted by molar-refractivity contribution is 5.44. The van der Waals surface area contributed by atoms with E-state index in [2.05, 4.69) is 23.5 Å². The first-order valence-electron chi connectivity index (χ1n) is 7.18. The molecule has 0 aromatic heterocycles. The molecule has 2 aromatic rings. The summed E-state index contributed by atoms with van der Waals surface area (Å²) in [7, 11) is 0. The van der Waals surface area contributed by atoms with E-state index in [1.165, 1.54) is 5.56 Å². The van der Waals surface area contributed by atoms with Gasteiger partial charge in [0.1, 0.15) is 11.8 Å². The van der Waals surface area contributed by atoms with Crippen LogP contribution in [0.15, 0.2) is 48.5 Å². The third-order valence-electron chi connectivity index (χ3n) is 3.18. The summed E-state index contributed by atoms with van der Waals surface area (Å²) in [5, 5.41) is 12.4. The second-order valence-electron chi connectivity index (χ2n) is 4.98. The molecule has 0 aliphatic heterocycles. The Morgan fingerprint density at radius 3 is 2.71 bits per heavy atom. The topological polar surface area (TPSA) is 45.0 Å². The van der Waals surface area contributed by atoms with Crippen molar-refractivity contribution in [1.82, 2.24) is 5.32 Å². The molecule has 0 bridgehead atoms. The normalized spacial score (nSPS) is 10.1. The van der Waals surface area contributed by atoms with Crippen LogP contribution in [0.1, 0.15) is 23.1 Å². The Morgan fingerprint density at radius 2 is 1.95 bits per heavy atom. The van der Waals surface area contributed by atoms with Crippen molar-refractivity contribution < 1.29 is 4.74 Å². The maximum absolute atomic E-state index is 9.03. The lowest BCUT2D eigenvalue weighted by Crippen LogP contribution is -2.17. The molecule has 0 unspecified atom stereocenters. The van der Waals surface area contributed by atoms with Crippen molar-refractivity contribution in [1.29, 1.82) is 5.26 Å².